The first-order chi connectivity index (χ1) is 31.2. The molecule has 8 rings (SSSR count). The quantitative estimate of drug-likeness (QED) is 0.0625. The van der Waals surface area contributed by atoms with Gasteiger partial charge in [-0.3, -0.25) is 0 Å². The van der Waals surface area contributed by atoms with E-state index in [9.17, 15) is 32.3 Å². The Morgan fingerprint density at radius 1 is 0.523 bits per heavy atom. The van der Waals surface area contributed by atoms with Crippen molar-refractivity contribution in [2.45, 2.75) is 27.1 Å². The van der Waals surface area contributed by atoms with Gasteiger partial charge in [-0.2, -0.15) is 0 Å². The first-order valence-corrected chi connectivity index (χ1v) is 20.0. The molecule has 2 heterocycles. The minimum atomic E-state index is -1.10. The lowest BCUT2D eigenvalue weighted by Gasteiger charge is -2.17. The molecule has 0 fully saturated rings. The number of nitrogen functional groups attached to an aromatic ring is 2. The number of carbonyl (C=O) groups is 2. The van der Waals surface area contributed by atoms with E-state index in [4.69, 9.17) is 25.7 Å². The molecule has 0 aliphatic carbocycles. The topological polar surface area (TPSA) is 144 Å². The Balaban J connectivity index is 0.000000194. The minimum absolute atomic E-state index is 0.0473. The predicted molar refractivity (Wildman–Crippen MR) is 240 cm³/mol. The van der Waals surface area contributed by atoms with Crippen molar-refractivity contribution in [3.05, 3.63) is 203 Å². The highest BCUT2D eigenvalue weighted by Gasteiger charge is 2.19. The van der Waals surface area contributed by atoms with Crippen molar-refractivity contribution in [2.75, 3.05) is 18.6 Å². The molecule has 0 spiro atoms. The van der Waals surface area contributed by atoms with Gasteiger partial charge in [0, 0.05) is 45.3 Å². The number of rotatable bonds is 12. The standard InChI is InChI=1S/C26H22F2N2O3.C25H20F2N2O3/c1-16-3-9-24(30(16)22-12-18(26(31)32-2)11-21(29)14-22)23-13-20(28)8-10-25(23)33-15-17-4-6-19(27)7-5-17;1-15-2-8-23(29(15)21-11-17(25(30)31)10-20(28)13-21)22-12-19(27)7-9-24(22)32-14-16-3-5-18(26)6-4-16/h3-14H,15,29H2,1-2H3;2-13H,14,28H2,1H3,(H,30,31). The third-order valence-electron chi connectivity index (χ3n) is 10.3. The Kier molecular flexibility index (Phi) is 13.4. The van der Waals surface area contributed by atoms with E-state index in [-0.39, 0.29) is 30.4 Å². The highest BCUT2D eigenvalue weighted by Crippen LogP contribution is 2.37. The van der Waals surface area contributed by atoms with Crippen LogP contribution in [0.4, 0.5) is 28.9 Å². The highest BCUT2D eigenvalue weighted by molar-refractivity contribution is 5.91. The molecule has 330 valence electrons. The molecule has 0 radical (unpaired) electrons. The summed E-state index contributed by atoms with van der Waals surface area (Å²) >= 11 is 0. The summed E-state index contributed by atoms with van der Waals surface area (Å²) < 4.78 is 75.2. The van der Waals surface area contributed by atoms with Crippen LogP contribution in [0.3, 0.4) is 0 Å². The maximum absolute atomic E-state index is 14.3. The summed E-state index contributed by atoms with van der Waals surface area (Å²) in [5.41, 5.74) is 19.6. The van der Waals surface area contributed by atoms with Crippen LogP contribution in [0.2, 0.25) is 0 Å². The number of anilines is 2. The number of methoxy groups -OCH3 is 1. The molecule has 14 heteroatoms. The molecule has 6 aromatic carbocycles. The number of carbonyl (C=O) groups excluding carboxylic acids is 1. The van der Waals surface area contributed by atoms with Gasteiger partial charge in [0.15, 0.2) is 0 Å². The van der Waals surface area contributed by atoms with Crippen molar-refractivity contribution in [1.29, 1.82) is 0 Å². The Bertz CT molecular complexity index is 3020. The van der Waals surface area contributed by atoms with Crippen molar-refractivity contribution in [1.82, 2.24) is 9.13 Å². The van der Waals surface area contributed by atoms with Crippen molar-refractivity contribution in [3.63, 3.8) is 0 Å². The van der Waals surface area contributed by atoms with Crippen molar-refractivity contribution in [2.24, 2.45) is 0 Å². The van der Waals surface area contributed by atoms with Crippen LogP contribution in [0.15, 0.2) is 146 Å². The highest BCUT2D eigenvalue weighted by atomic mass is 19.1. The van der Waals surface area contributed by atoms with Crippen LogP contribution in [0.25, 0.3) is 33.9 Å². The monoisotopic (exact) mass is 882 g/mol. The number of hydrogen-bond acceptors (Lipinski definition) is 7. The summed E-state index contributed by atoms with van der Waals surface area (Å²) in [5, 5.41) is 9.40. The number of aromatic nitrogens is 2. The first-order valence-electron chi connectivity index (χ1n) is 20.0. The Labute approximate surface area is 371 Å². The smallest absolute Gasteiger partial charge is 0.337 e. The summed E-state index contributed by atoms with van der Waals surface area (Å²) in [6.45, 7) is 4.09. The van der Waals surface area contributed by atoms with Crippen LogP contribution in [0.1, 0.15) is 43.2 Å². The lowest BCUT2D eigenvalue weighted by Crippen LogP contribution is -2.07. The van der Waals surface area contributed by atoms with E-state index in [0.717, 1.165) is 22.5 Å². The summed E-state index contributed by atoms with van der Waals surface area (Å²) in [5.74, 6) is -2.27. The van der Waals surface area contributed by atoms with Crippen LogP contribution < -0.4 is 20.9 Å². The van der Waals surface area contributed by atoms with E-state index in [1.807, 2.05) is 36.6 Å². The number of halogens is 4. The molecule has 65 heavy (non-hydrogen) atoms. The Morgan fingerprint density at radius 3 is 1.34 bits per heavy atom. The predicted octanol–water partition coefficient (Wildman–Crippen LogP) is 11.3. The number of carboxylic acid groups (broad SMARTS) is 1. The molecule has 0 aliphatic heterocycles. The fourth-order valence-electron chi connectivity index (χ4n) is 7.21. The van der Waals surface area contributed by atoms with Crippen LogP contribution in [-0.4, -0.2) is 33.3 Å². The van der Waals surface area contributed by atoms with E-state index in [1.54, 1.807) is 59.2 Å². The zero-order chi connectivity index (χ0) is 46.4. The van der Waals surface area contributed by atoms with Gasteiger partial charge in [-0.15, -0.1) is 0 Å². The van der Waals surface area contributed by atoms with Gasteiger partial charge < -0.3 is 39.9 Å². The number of nitrogens with zero attached hydrogens (tertiary/aromatic N) is 2. The van der Waals surface area contributed by atoms with Crippen LogP contribution in [0, 0.1) is 37.1 Å². The van der Waals surface area contributed by atoms with Gasteiger partial charge in [-0.1, -0.05) is 24.3 Å². The number of aryl methyl sites for hydroxylation is 2. The largest absolute Gasteiger partial charge is 0.488 e. The number of esters is 1. The molecular formula is C51H42F4N4O6. The number of aromatic carboxylic acids is 1. The second-order valence-corrected chi connectivity index (χ2v) is 14.9. The second kappa shape index (κ2) is 19.4. The normalized spacial score (nSPS) is 10.8. The zero-order valence-electron chi connectivity index (χ0n) is 35.3. The van der Waals surface area contributed by atoms with Gasteiger partial charge >= 0.3 is 11.9 Å². The average Bonchev–Trinajstić information content (AvgIpc) is 3.87. The molecule has 5 N–H and O–H groups in total. The van der Waals surface area contributed by atoms with Crippen LogP contribution in [-0.2, 0) is 18.0 Å². The Morgan fingerprint density at radius 2 is 0.923 bits per heavy atom. The molecular weight excluding hydrogens is 841 g/mol. The number of hydrogen-bond donors (Lipinski definition) is 3. The Hall–Kier alpha value is -8.26. The fraction of sp³-hybridized carbons (Fsp3) is 0.0980. The molecule has 0 amide bonds. The number of carboxylic acids is 1. The minimum Gasteiger partial charge on any atom is -0.488 e. The lowest BCUT2D eigenvalue weighted by molar-refractivity contribution is 0.0599. The molecule has 0 unspecified atom stereocenters. The van der Waals surface area contributed by atoms with Crippen molar-refractivity contribution >= 4 is 23.3 Å². The molecule has 0 saturated carbocycles. The zero-order valence-corrected chi connectivity index (χ0v) is 35.3. The maximum Gasteiger partial charge on any atom is 0.337 e. The second-order valence-electron chi connectivity index (χ2n) is 14.9. The van der Waals surface area contributed by atoms with Gasteiger partial charge in [0.2, 0.25) is 0 Å². The molecule has 0 bridgehead atoms. The van der Waals surface area contributed by atoms with E-state index < -0.39 is 23.6 Å². The lowest BCUT2D eigenvalue weighted by atomic mass is 10.1. The third-order valence-corrected chi connectivity index (χ3v) is 10.3. The van der Waals surface area contributed by atoms with Crippen molar-refractivity contribution < 1.29 is 46.5 Å². The SMILES string of the molecule is COC(=O)c1cc(N)cc(-n2c(C)ccc2-c2cc(F)ccc2OCc2ccc(F)cc2)c1.Cc1ccc(-c2cc(F)ccc2OCc2ccc(F)cc2)n1-c1cc(N)cc(C(=O)O)c1. The summed E-state index contributed by atoms with van der Waals surface area (Å²) in [7, 11) is 1.30. The third kappa shape index (κ3) is 10.5. The van der Waals surface area contributed by atoms with Gasteiger partial charge in [0.05, 0.1) is 29.6 Å². The van der Waals surface area contributed by atoms with Gasteiger partial charge in [-0.25, -0.2) is 27.2 Å². The molecule has 0 saturated heterocycles. The molecule has 2 aromatic heterocycles. The van der Waals surface area contributed by atoms with Crippen LogP contribution >= 0.6 is 0 Å². The van der Waals surface area contributed by atoms with Gasteiger partial charge in [-0.05, 0) is 146 Å². The van der Waals surface area contributed by atoms with E-state index >= 15 is 0 Å². The van der Waals surface area contributed by atoms with E-state index in [1.165, 1.54) is 79.9 Å². The first kappa shape index (κ1) is 44.8. The van der Waals surface area contributed by atoms with Gasteiger partial charge in [0.25, 0.3) is 0 Å². The summed E-state index contributed by atoms with van der Waals surface area (Å²) in [4.78, 5) is 23.6. The van der Waals surface area contributed by atoms with E-state index in [2.05, 4.69) is 0 Å². The van der Waals surface area contributed by atoms with E-state index in [0.29, 0.717) is 62.3 Å². The molecule has 8 aromatic rings. The van der Waals surface area contributed by atoms with Gasteiger partial charge in [0.1, 0.15) is 48.0 Å². The fourth-order valence-corrected chi connectivity index (χ4v) is 7.21. The number of ether oxygens (including phenoxy) is 3. The average molecular weight is 883 g/mol. The maximum atomic E-state index is 14.3. The molecule has 10 nitrogen and oxygen atoms in total. The summed E-state index contributed by atoms with van der Waals surface area (Å²) in [6, 6.07) is 37.2. The van der Waals surface area contributed by atoms with Crippen molar-refractivity contribution in [3.8, 4) is 45.4 Å². The summed E-state index contributed by atoms with van der Waals surface area (Å²) in [6.07, 6.45) is 0. The number of benzene rings is 6. The van der Waals surface area contributed by atoms with Crippen LogP contribution in [0.5, 0.6) is 11.5 Å². The number of nitrogens with two attached hydrogens (primary N) is 2. The molecule has 0 aliphatic rings. The molecule has 0 atom stereocenters.